The van der Waals surface area contributed by atoms with Crippen molar-refractivity contribution in [1.82, 2.24) is 5.32 Å². The van der Waals surface area contributed by atoms with Gasteiger partial charge in [0.05, 0.1) is 10.6 Å². The van der Waals surface area contributed by atoms with E-state index in [-0.39, 0.29) is 10.9 Å². The summed E-state index contributed by atoms with van der Waals surface area (Å²) in [6, 6.07) is 10.7. The van der Waals surface area contributed by atoms with Crippen molar-refractivity contribution in [3.63, 3.8) is 0 Å². The lowest BCUT2D eigenvalue weighted by Crippen LogP contribution is -2.34. The molecular weight excluding hydrogens is 366 g/mol. The van der Waals surface area contributed by atoms with Gasteiger partial charge in [-0.05, 0) is 76.2 Å². The predicted octanol–water partition coefficient (Wildman–Crippen LogP) is 4.11. The molecule has 2 aromatic rings. The van der Waals surface area contributed by atoms with Gasteiger partial charge < -0.3 is 10.6 Å². The van der Waals surface area contributed by atoms with Crippen molar-refractivity contribution in [1.29, 1.82) is 0 Å². The average Bonchev–Trinajstić information content (AvgIpc) is 2.51. The lowest BCUT2D eigenvalue weighted by atomic mass is 10.1. The van der Waals surface area contributed by atoms with E-state index in [0.29, 0.717) is 16.5 Å². The van der Waals surface area contributed by atoms with Gasteiger partial charge in [0, 0.05) is 11.7 Å². The molecule has 0 fully saturated rings. The SMILES string of the molecule is Cc1ccc(NS(=O)(=O)c2ccc(C)c(NC(=S)NC(C)C)c2)c(C)c1. The van der Waals surface area contributed by atoms with Gasteiger partial charge in [-0.2, -0.15) is 0 Å². The molecule has 5 nitrogen and oxygen atoms in total. The molecule has 0 bridgehead atoms. The van der Waals surface area contributed by atoms with Gasteiger partial charge in [0.15, 0.2) is 5.11 Å². The van der Waals surface area contributed by atoms with Crippen LogP contribution < -0.4 is 15.4 Å². The minimum absolute atomic E-state index is 0.179. The van der Waals surface area contributed by atoms with E-state index in [9.17, 15) is 8.42 Å². The zero-order valence-corrected chi connectivity index (χ0v) is 17.3. The van der Waals surface area contributed by atoms with Crippen molar-refractivity contribution in [2.24, 2.45) is 0 Å². The maximum absolute atomic E-state index is 12.8. The number of benzene rings is 2. The molecule has 0 aliphatic rings. The summed E-state index contributed by atoms with van der Waals surface area (Å²) in [5.41, 5.74) is 4.09. The second kappa shape index (κ2) is 8.05. The van der Waals surface area contributed by atoms with Gasteiger partial charge in [-0.25, -0.2) is 8.42 Å². The summed E-state index contributed by atoms with van der Waals surface area (Å²) in [4.78, 5) is 0.179. The van der Waals surface area contributed by atoms with Crippen LogP contribution in [0.4, 0.5) is 11.4 Å². The molecule has 140 valence electrons. The molecule has 0 aromatic heterocycles. The number of aryl methyl sites for hydroxylation is 3. The Kier molecular flexibility index (Phi) is 6.26. The number of hydrogen-bond acceptors (Lipinski definition) is 3. The van der Waals surface area contributed by atoms with E-state index < -0.39 is 10.0 Å². The van der Waals surface area contributed by atoms with Crippen molar-refractivity contribution in [2.45, 2.75) is 45.6 Å². The van der Waals surface area contributed by atoms with Gasteiger partial charge in [0.1, 0.15) is 0 Å². The summed E-state index contributed by atoms with van der Waals surface area (Å²) in [6.07, 6.45) is 0. The molecular formula is C19H25N3O2S2. The third-order valence-corrected chi connectivity index (χ3v) is 5.40. The molecule has 0 amide bonds. The van der Waals surface area contributed by atoms with Crippen molar-refractivity contribution in [3.8, 4) is 0 Å². The molecule has 2 aromatic carbocycles. The predicted molar refractivity (Wildman–Crippen MR) is 112 cm³/mol. The van der Waals surface area contributed by atoms with Crippen LogP contribution in [0.5, 0.6) is 0 Å². The Balaban J connectivity index is 2.29. The Morgan fingerprint density at radius 2 is 1.65 bits per heavy atom. The van der Waals surface area contributed by atoms with Crippen molar-refractivity contribution in [3.05, 3.63) is 53.1 Å². The first-order valence-electron chi connectivity index (χ1n) is 8.37. The zero-order valence-electron chi connectivity index (χ0n) is 15.7. The van der Waals surface area contributed by atoms with Crippen LogP contribution in [0.25, 0.3) is 0 Å². The molecule has 0 saturated carbocycles. The first-order chi connectivity index (χ1) is 12.1. The average molecular weight is 392 g/mol. The van der Waals surface area contributed by atoms with Crippen LogP contribution in [0.2, 0.25) is 0 Å². The monoisotopic (exact) mass is 391 g/mol. The quantitative estimate of drug-likeness (QED) is 0.669. The van der Waals surface area contributed by atoms with Crippen LogP contribution in [-0.4, -0.2) is 19.6 Å². The van der Waals surface area contributed by atoms with Crippen LogP contribution in [0.15, 0.2) is 41.3 Å². The molecule has 0 radical (unpaired) electrons. The first kappa shape index (κ1) is 20.2. The Labute approximate surface area is 161 Å². The molecule has 26 heavy (non-hydrogen) atoms. The van der Waals surface area contributed by atoms with Crippen LogP contribution >= 0.6 is 12.2 Å². The van der Waals surface area contributed by atoms with E-state index in [1.54, 1.807) is 24.3 Å². The van der Waals surface area contributed by atoms with E-state index in [1.807, 2.05) is 46.8 Å². The third kappa shape index (κ3) is 5.19. The van der Waals surface area contributed by atoms with Crippen LogP contribution in [-0.2, 0) is 10.0 Å². The lowest BCUT2D eigenvalue weighted by molar-refractivity contribution is 0.601. The van der Waals surface area contributed by atoms with Crippen molar-refractivity contribution >= 4 is 38.7 Å². The minimum atomic E-state index is -3.70. The second-order valence-corrected chi connectivity index (χ2v) is 8.74. The molecule has 0 aliphatic carbocycles. The van der Waals surface area contributed by atoms with Gasteiger partial charge >= 0.3 is 0 Å². The second-order valence-electron chi connectivity index (χ2n) is 6.65. The fraction of sp³-hybridized carbons (Fsp3) is 0.316. The highest BCUT2D eigenvalue weighted by Crippen LogP contribution is 2.24. The molecule has 3 N–H and O–H groups in total. The Hall–Kier alpha value is -2.12. The Morgan fingerprint density at radius 3 is 2.27 bits per heavy atom. The van der Waals surface area contributed by atoms with Crippen LogP contribution in [0.1, 0.15) is 30.5 Å². The normalized spacial score (nSPS) is 11.3. The molecule has 0 unspecified atom stereocenters. The highest BCUT2D eigenvalue weighted by Gasteiger charge is 2.17. The molecule has 0 spiro atoms. The number of rotatable bonds is 5. The van der Waals surface area contributed by atoms with E-state index in [2.05, 4.69) is 15.4 Å². The zero-order chi connectivity index (χ0) is 19.5. The van der Waals surface area contributed by atoms with E-state index in [4.69, 9.17) is 12.2 Å². The van der Waals surface area contributed by atoms with E-state index in [1.165, 1.54) is 0 Å². The molecule has 0 aliphatic heterocycles. The standard InChI is InChI=1S/C19H25N3O2S2/c1-12(2)20-19(25)21-18-11-16(8-7-14(18)4)26(23,24)22-17-9-6-13(3)10-15(17)5/h6-12,22H,1-5H3,(H2,20,21,25). The summed E-state index contributed by atoms with van der Waals surface area (Å²) < 4.78 is 28.2. The summed E-state index contributed by atoms with van der Waals surface area (Å²) >= 11 is 5.26. The molecule has 7 heteroatoms. The maximum Gasteiger partial charge on any atom is 0.261 e. The highest BCUT2D eigenvalue weighted by atomic mass is 32.2. The summed E-state index contributed by atoms with van der Waals surface area (Å²) in [5.74, 6) is 0. The van der Waals surface area contributed by atoms with Crippen LogP contribution in [0, 0.1) is 20.8 Å². The Bertz CT molecular complexity index is 922. The largest absolute Gasteiger partial charge is 0.360 e. The molecule has 0 atom stereocenters. The molecule has 0 heterocycles. The number of thiocarbonyl (C=S) groups is 1. The smallest absolute Gasteiger partial charge is 0.261 e. The van der Waals surface area contributed by atoms with Gasteiger partial charge in [0.25, 0.3) is 10.0 Å². The number of nitrogens with one attached hydrogen (secondary N) is 3. The van der Waals surface area contributed by atoms with E-state index >= 15 is 0 Å². The van der Waals surface area contributed by atoms with Gasteiger partial charge in [-0.1, -0.05) is 23.8 Å². The van der Waals surface area contributed by atoms with Crippen molar-refractivity contribution < 1.29 is 8.42 Å². The fourth-order valence-electron chi connectivity index (χ4n) is 2.46. The molecule has 0 saturated heterocycles. The highest BCUT2D eigenvalue weighted by molar-refractivity contribution is 7.92. The van der Waals surface area contributed by atoms with Gasteiger partial charge in [-0.3, -0.25) is 4.72 Å². The topological polar surface area (TPSA) is 70.2 Å². The van der Waals surface area contributed by atoms with Crippen LogP contribution in [0.3, 0.4) is 0 Å². The summed E-state index contributed by atoms with van der Waals surface area (Å²) in [5, 5.41) is 6.61. The molecule has 2 rings (SSSR count). The van der Waals surface area contributed by atoms with Crippen molar-refractivity contribution in [2.75, 3.05) is 10.0 Å². The van der Waals surface area contributed by atoms with E-state index in [0.717, 1.165) is 16.7 Å². The minimum Gasteiger partial charge on any atom is -0.360 e. The number of anilines is 2. The summed E-state index contributed by atoms with van der Waals surface area (Å²) in [7, 11) is -3.70. The maximum atomic E-state index is 12.8. The van der Waals surface area contributed by atoms with Gasteiger partial charge in [0.2, 0.25) is 0 Å². The first-order valence-corrected chi connectivity index (χ1v) is 10.3. The fourth-order valence-corrected chi connectivity index (χ4v) is 3.96. The number of sulfonamides is 1. The number of hydrogen-bond donors (Lipinski definition) is 3. The summed E-state index contributed by atoms with van der Waals surface area (Å²) in [6.45, 7) is 9.71. The Morgan fingerprint density at radius 1 is 0.962 bits per heavy atom. The third-order valence-electron chi connectivity index (χ3n) is 3.81. The lowest BCUT2D eigenvalue weighted by Gasteiger charge is -2.16. The van der Waals surface area contributed by atoms with Gasteiger partial charge in [-0.15, -0.1) is 0 Å².